The van der Waals surface area contributed by atoms with Gasteiger partial charge in [0.25, 0.3) is 0 Å². The van der Waals surface area contributed by atoms with Gasteiger partial charge >= 0.3 is 0 Å². The number of fused-ring (bicyclic) bond motifs is 5. The standard InChI is InChI=1S/C58H38N2O2/c1-4-15-39(16-5-1)40-29-34-45(35-30-40)60(46-36-31-41(32-37-46)47-23-13-25-50-48-22-10-11-28-54(48)61-56(47)50)53-38-33-42-17-12-24-49-51-26-14-27-52(57(51)62-58(53)55(42)49)59(43-18-6-2-7-19-43)44-20-8-3-9-21-44/h1-38H. The molecule has 0 radical (unpaired) electrons. The average molecular weight is 795 g/mol. The molecule has 10 aromatic carbocycles. The lowest BCUT2D eigenvalue weighted by Gasteiger charge is -2.33. The number of hydrogen-bond donors (Lipinski definition) is 0. The van der Waals surface area contributed by atoms with Gasteiger partial charge in [-0.05, 0) is 94.4 Å². The summed E-state index contributed by atoms with van der Waals surface area (Å²) in [5, 5.41) is 4.44. The van der Waals surface area contributed by atoms with Crippen molar-refractivity contribution in [1.82, 2.24) is 0 Å². The van der Waals surface area contributed by atoms with Gasteiger partial charge in [-0.3, -0.25) is 0 Å². The molecule has 4 heteroatoms. The molecule has 1 aliphatic rings. The normalized spacial score (nSPS) is 11.7. The second-order valence-corrected chi connectivity index (χ2v) is 15.7. The highest BCUT2D eigenvalue weighted by atomic mass is 16.5. The number of nitrogens with zero attached hydrogens (tertiary/aromatic N) is 2. The van der Waals surface area contributed by atoms with E-state index in [9.17, 15) is 0 Å². The molecule has 11 aromatic rings. The molecule has 0 atom stereocenters. The molecule has 0 unspecified atom stereocenters. The summed E-state index contributed by atoms with van der Waals surface area (Å²) in [6.45, 7) is 0. The molecule has 292 valence electrons. The molecule has 4 nitrogen and oxygen atoms in total. The van der Waals surface area contributed by atoms with Crippen molar-refractivity contribution in [3.8, 4) is 44.9 Å². The van der Waals surface area contributed by atoms with E-state index in [2.05, 4.69) is 228 Å². The van der Waals surface area contributed by atoms with Crippen LogP contribution in [-0.4, -0.2) is 0 Å². The van der Waals surface area contributed by atoms with Gasteiger partial charge in [0.1, 0.15) is 11.2 Å². The van der Waals surface area contributed by atoms with Crippen molar-refractivity contribution in [2.24, 2.45) is 0 Å². The zero-order chi connectivity index (χ0) is 41.0. The molecule has 1 aromatic heterocycles. The largest absolute Gasteiger partial charge is 0.455 e. The smallest absolute Gasteiger partial charge is 0.160 e. The lowest BCUT2D eigenvalue weighted by Crippen LogP contribution is -2.14. The molecule has 0 saturated heterocycles. The predicted octanol–water partition coefficient (Wildman–Crippen LogP) is 16.8. The number of rotatable bonds is 8. The SMILES string of the molecule is c1ccc(-c2ccc(N(c3ccc(-c4cccc5c4oc4ccccc45)cc3)c3ccc4cccc5c4c3Oc3c-5cccc3N(c3ccccc3)c3ccccc3)cc2)cc1. The maximum atomic E-state index is 7.43. The Bertz CT molecular complexity index is 3380. The Morgan fingerprint density at radius 3 is 1.53 bits per heavy atom. The van der Waals surface area contributed by atoms with Gasteiger partial charge < -0.3 is 19.0 Å². The van der Waals surface area contributed by atoms with Gasteiger partial charge in [-0.1, -0.05) is 164 Å². The number of benzene rings is 10. The molecule has 0 bridgehead atoms. The second-order valence-electron chi connectivity index (χ2n) is 15.7. The number of hydrogen-bond acceptors (Lipinski definition) is 4. The molecule has 0 amide bonds. The number of furan rings is 1. The molecule has 12 rings (SSSR count). The Balaban J connectivity index is 1.04. The van der Waals surface area contributed by atoms with Crippen LogP contribution in [0.3, 0.4) is 0 Å². The summed E-state index contributed by atoms with van der Waals surface area (Å²) in [5.41, 5.74) is 14.5. The van der Waals surface area contributed by atoms with Crippen LogP contribution < -0.4 is 14.5 Å². The van der Waals surface area contributed by atoms with Crippen LogP contribution in [0.25, 0.3) is 66.1 Å². The first-order valence-electron chi connectivity index (χ1n) is 21.0. The molecular formula is C58H38N2O2. The van der Waals surface area contributed by atoms with E-state index >= 15 is 0 Å². The molecule has 2 heterocycles. The van der Waals surface area contributed by atoms with E-state index in [-0.39, 0.29) is 0 Å². The minimum Gasteiger partial charge on any atom is -0.455 e. The minimum atomic E-state index is 0.807. The highest BCUT2D eigenvalue weighted by Crippen LogP contribution is 2.56. The van der Waals surface area contributed by atoms with E-state index < -0.39 is 0 Å². The monoisotopic (exact) mass is 794 g/mol. The zero-order valence-electron chi connectivity index (χ0n) is 33.7. The molecule has 0 fully saturated rings. The molecule has 0 saturated carbocycles. The fourth-order valence-electron chi connectivity index (χ4n) is 9.17. The third-order valence-electron chi connectivity index (χ3n) is 12.0. The summed E-state index contributed by atoms with van der Waals surface area (Å²) in [4.78, 5) is 4.61. The lowest BCUT2D eigenvalue weighted by atomic mass is 9.93. The maximum absolute atomic E-state index is 7.43. The minimum absolute atomic E-state index is 0.807. The first kappa shape index (κ1) is 35.6. The number of ether oxygens (including phenoxy) is 1. The fourth-order valence-corrected chi connectivity index (χ4v) is 9.17. The van der Waals surface area contributed by atoms with Crippen LogP contribution >= 0.6 is 0 Å². The third-order valence-corrected chi connectivity index (χ3v) is 12.0. The van der Waals surface area contributed by atoms with Gasteiger partial charge in [0.15, 0.2) is 11.5 Å². The van der Waals surface area contributed by atoms with E-state index in [1.54, 1.807) is 0 Å². The summed E-state index contributed by atoms with van der Waals surface area (Å²) in [6.07, 6.45) is 0. The Morgan fingerprint density at radius 2 is 0.823 bits per heavy atom. The van der Waals surface area contributed by atoms with E-state index in [1.807, 2.05) is 12.1 Å². The quantitative estimate of drug-likeness (QED) is 0.153. The first-order chi connectivity index (χ1) is 30.8. The molecule has 62 heavy (non-hydrogen) atoms. The molecule has 0 aliphatic carbocycles. The maximum Gasteiger partial charge on any atom is 0.160 e. The van der Waals surface area contributed by atoms with Crippen molar-refractivity contribution in [1.29, 1.82) is 0 Å². The van der Waals surface area contributed by atoms with E-state index in [0.717, 1.165) is 106 Å². The molecule has 1 aliphatic heterocycles. The van der Waals surface area contributed by atoms with Gasteiger partial charge in [0, 0.05) is 50.0 Å². The lowest BCUT2D eigenvalue weighted by molar-refractivity contribution is 0.489. The van der Waals surface area contributed by atoms with Crippen LogP contribution in [0.2, 0.25) is 0 Å². The zero-order valence-corrected chi connectivity index (χ0v) is 33.7. The van der Waals surface area contributed by atoms with E-state index in [0.29, 0.717) is 0 Å². The molecule has 0 spiro atoms. The predicted molar refractivity (Wildman–Crippen MR) is 257 cm³/mol. The van der Waals surface area contributed by atoms with Gasteiger partial charge in [-0.15, -0.1) is 0 Å². The van der Waals surface area contributed by atoms with Crippen molar-refractivity contribution < 1.29 is 9.15 Å². The van der Waals surface area contributed by atoms with Crippen LogP contribution in [0.4, 0.5) is 34.1 Å². The van der Waals surface area contributed by atoms with E-state index in [1.165, 1.54) is 5.56 Å². The number of para-hydroxylation sites is 5. The number of anilines is 6. The van der Waals surface area contributed by atoms with Crippen LogP contribution in [0.15, 0.2) is 235 Å². The summed E-state index contributed by atoms with van der Waals surface area (Å²) >= 11 is 0. The van der Waals surface area contributed by atoms with E-state index in [4.69, 9.17) is 9.15 Å². The van der Waals surface area contributed by atoms with Crippen molar-refractivity contribution >= 4 is 66.8 Å². The van der Waals surface area contributed by atoms with Crippen LogP contribution in [0.5, 0.6) is 11.5 Å². The van der Waals surface area contributed by atoms with Crippen molar-refractivity contribution in [2.45, 2.75) is 0 Å². The third kappa shape index (κ3) is 5.92. The Kier molecular flexibility index (Phi) is 8.46. The summed E-state index contributed by atoms with van der Waals surface area (Å²) in [6, 6.07) is 81.3. The van der Waals surface area contributed by atoms with Crippen molar-refractivity contribution in [2.75, 3.05) is 9.80 Å². The van der Waals surface area contributed by atoms with Gasteiger partial charge in [0.2, 0.25) is 0 Å². The summed E-state index contributed by atoms with van der Waals surface area (Å²) in [5.74, 6) is 1.61. The fraction of sp³-hybridized carbons (Fsp3) is 0. The topological polar surface area (TPSA) is 28.9 Å². The molecule has 0 N–H and O–H groups in total. The van der Waals surface area contributed by atoms with Crippen molar-refractivity contribution in [3.63, 3.8) is 0 Å². The van der Waals surface area contributed by atoms with Crippen LogP contribution in [0, 0.1) is 0 Å². The van der Waals surface area contributed by atoms with Crippen molar-refractivity contribution in [3.05, 3.63) is 231 Å². The molecular weight excluding hydrogens is 757 g/mol. The summed E-state index contributed by atoms with van der Waals surface area (Å²) < 4.78 is 13.9. The average Bonchev–Trinajstić information content (AvgIpc) is 3.73. The van der Waals surface area contributed by atoms with Crippen LogP contribution in [-0.2, 0) is 0 Å². The highest BCUT2D eigenvalue weighted by Gasteiger charge is 2.30. The Labute approximate surface area is 359 Å². The summed E-state index contributed by atoms with van der Waals surface area (Å²) in [7, 11) is 0. The van der Waals surface area contributed by atoms with Gasteiger partial charge in [-0.25, -0.2) is 0 Å². The second kappa shape index (κ2) is 14.7. The Hall–Kier alpha value is -8.34. The highest BCUT2D eigenvalue weighted by molar-refractivity contribution is 6.11. The van der Waals surface area contributed by atoms with Crippen LogP contribution in [0.1, 0.15) is 0 Å². The van der Waals surface area contributed by atoms with Gasteiger partial charge in [-0.2, -0.15) is 0 Å². The Morgan fingerprint density at radius 1 is 0.306 bits per heavy atom. The van der Waals surface area contributed by atoms with Gasteiger partial charge in [0.05, 0.1) is 11.4 Å². The first-order valence-corrected chi connectivity index (χ1v) is 21.0.